The number of likely N-dealkylation sites (tertiary alicyclic amines) is 1. The summed E-state index contributed by atoms with van der Waals surface area (Å²) >= 11 is 0. The SMILES string of the molecule is CCC(NC(=O)N1CCCC1CC(O)c1ccco1)c1ccncc1. The molecular formula is C19H25N3O3. The molecule has 6 heteroatoms. The molecule has 2 N–H and O–H groups in total. The molecule has 1 aliphatic heterocycles. The quantitative estimate of drug-likeness (QED) is 0.842. The fourth-order valence-corrected chi connectivity index (χ4v) is 3.45. The molecule has 134 valence electrons. The van der Waals surface area contributed by atoms with Gasteiger partial charge in [0.25, 0.3) is 0 Å². The lowest BCUT2D eigenvalue weighted by Gasteiger charge is -2.28. The van der Waals surface area contributed by atoms with Crippen LogP contribution in [-0.2, 0) is 0 Å². The van der Waals surface area contributed by atoms with Crippen LogP contribution >= 0.6 is 0 Å². The summed E-state index contributed by atoms with van der Waals surface area (Å²) in [5, 5.41) is 13.4. The molecular weight excluding hydrogens is 318 g/mol. The summed E-state index contributed by atoms with van der Waals surface area (Å²) in [6.45, 7) is 2.77. The standard InChI is InChI=1S/C19H25N3O3/c1-2-16(14-7-9-20-10-8-14)21-19(24)22-11-3-5-15(22)13-17(23)18-6-4-12-25-18/h4,6-10,12,15-17,23H,2-3,5,11,13H2,1H3,(H,21,24). The topological polar surface area (TPSA) is 78.6 Å². The van der Waals surface area contributed by atoms with Crippen LogP contribution in [-0.4, -0.2) is 33.6 Å². The second-order valence-corrected chi connectivity index (χ2v) is 6.45. The zero-order chi connectivity index (χ0) is 17.6. The van der Waals surface area contributed by atoms with Crippen LogP contribution in [0.2, 0.25) is 0 Å². The van der Waals surface area contributed by atoms with Crippen molar-refractivity contribution in [3.05, 3.63) is 54.2 Å². The van der Waals surface area contributed by atoms with E-state index < -0.39 is 6.10 Å². The second-order valence-electron chi connectivity index (χ2n) is 6.45. The van der Waals surface area contributed by atoms with Crippen LogP contribution in [0, 0.1) is 0 Å². The normalized spacial score (nSPS) is 19.6. The summed E-state index contributed by atoms with van der Waals surface area (Å²) in [6, 6.07) is 7.30. The largest absolute Gasteiger partial charge is 0.467 e. The van der Waals surface area contributed by atoms with E-state index >= 15 is 0 Å². The third kappa shape index (κ3) is 4.20. The fourth-order valence-electron chi connectivity index (χ4n) is 3.45. The van der Waals surface area contributed by atoms with E-state index in [1.54, 1.807) is 30.8 Å². The van der Waals surface area contributed by atoms with Crippen LogP contribution < -0.4 is 5.32 Å². The predicted molar refractivity (Wildman–Crippen MR) is 93.8 cm³/mol. The second kappa shape index (κ2) is 8.16. The van der Waals surface area contributed by atoms with Crippen molar-refractivity contribution in [2.45, 2.75) is 50.8 Å². The summed E-state index contributed by atoms with van der Waals surface area (Å²) in [7, 11) is 0. The Balaban J connectivity index is 1.62. The number of aliphatic hydroxyl groups excluding tert-OH is 1. The number of urea groups is 1. The van der Waals surface area contributed by atoms with E-state index in [9.17, 15) is 9.90 Å². The number of aliphatic hydroxyl groups is 1. The zero-order valence-corrected chi connectivity index (χ0v) is 14.5. The van der Waals surface area contributed by atoms with E-state index in [1.807, 2.05) is 24.0 Å². The fraction of sp³-hybridized carbons (Fsp3) is 0.474. The third-order valence-electron chi connectivity index (χ3n) is 4.82. The minimum atomic E-state index is -0.685. The van der Waals surface area contributed by atoms with Gasteiger partial charge in [-0.05, 0) is 49.1 Å². The summed E-state index contributed by atoms with van der Waals surface area (Å²) in [6.07, 6.45) is 7.50. The van der Waals surface area contributed by atoms with Gasteiger partial charge in [-0.25, -0.2) is 4.79 Å². The maximum atomic E-state index is 12.8. The van der Waals surface area contributed by atoms with E-state index in [0.29, 0.717) is 18.7 Å². The number of carbonyl (C=O) groups excluding carboxylic acids is 1. The van der Waals surface area contributed by atoms with Crippen LogP contribution in [0.1, 0.15) is 56.1 Å². The minimum Gasteiger partial charge on any atom is -0.467 e. The van der Waals surface area contributed by atoms with Crippen molar-refractivity contribution in [2.75, 3.05) is 6.54 Å². The van der Waals surface area contributed by atoms with Gasteiger partial charge in [0.1, 0.15) is 11.9 Å². The summed E-state index contributed by atoms with van der Waals surface area (Å²) in [4.78, 5) is 18.6. The first-order valence-electron chi connectivity index (χ1n) is 8.87. The highest BCUT2D eigenvalue weighted by molar-refractivity contribution is 5.75. The number of aromatic nitrogens is 1. The lowest BCUT2D eigenvalue weighted by Crippen LogP contribution is -2.44. The molecule has 0 bridgehead atoms. The molecule has 3 heterocycles. The first kappa shape index (κ1) is 17.5. The van der Waals surface area contributed by atoms with E-state index in [2.05, 4.69) is 10.3 Å². The molecule has 2 aromatic heterocycles. The average Bonchev–Trinajstić information content (AvgIpc) is 3.32. The number of hydrogen-bond acceptors (Lipinski definition) is 4. The van der Waals surface area contributed by atoms with Crippen molar-refractivity contribution in [1.29, 1.82) is 0 Å². The molecule has 3 rings (SSSR count). The molecule has 2 aromatic rings. The van der Waals surface area contributed by atoms with Crippen LogP contribution in [0.25, 0.3) is 0 Å². The highest BCUT2D eigenvalue weighted by Crippen LogP contribution is 2.28. The van der Waals surface area contributed by atoms with Gasteiger partial charge >= 0.3 is 6.03 Å². The van der Waals surface area contributed by atoms with Gasteiger partial charge in [-0.3, -0.25) is 4.98 Å². The van der Waals surface area contributed by atoms with Crippen molar-refractivity contribution in [3.8, 4) is 0 Å². The molecule has 1 fully saturated rings. The molecule has 0 aromatic carbocycles. The molecule has 2 amide bonds. The van der Waals surface area contributed by atoms with Crippen LogP contribution in [0.3, 0.4) is 0 Å². The average molecular weight is 343 g/mol. The van der Waals surface area contributed by atoms with Gasteiger partial charge in [0.05, 0.1) is 12.3 Å². The number of furan rings is 1. The number of amides is 2. The van der Waals surface area contributed by atoms with Gasteiger partial charge < -0.3 is 19.7 Å². The lowest BCUT2D eigenvalue weighted by atomic mass is 10.0. The summed E-state index contributed by atoms with van der Waals surface area (Å²) < 4.78 is 5.27. The van der Waals surface area contributed by atoms with Crippen molar-refractivity contribution < 1.29 is 14.3 Å². The number of pyridine rings is 1. The van der Waals surface area contributed by atoms with Gasteiger partial charge in [-0.15, -0.1) is 0 Å². The maximum Gasteiger partial charge on any atom is 0.318 e. The van der Waals surface area contributed by atoms with Gasteiger partial charge in [0.2, 0.25) is 0 Å². The molecule has 0 radical (unpaired) electrons. The monoisotopic (exact) mass is 343 g/mol. The number of carbonyl (C=O) groups is 1. The summed E-state index contributed by atoms with van der Waals surface area (Å²) in [5.74, 6) is 0.551. The third-order valence-corrected chi connectivity index (χ3v) is 4.82. The molecule has 0 saturated carbocycles. The smallest absolute Gasteiger partial charge is 0.318 e. The molecule has 1 saturated heterocycles. The van der Waals surface area contributed by atoms with Crippen LogP contribution in [0.15, 0.2) is 47.3 Å². The molecule has 6 nitrogen and oxygen atoms in total. The Hall–Kier alpha value is -2.34. The van der Waals surface area contributed by atoms with Crippen LogP contribution in [0.4, 0.5) is 4.79 Å². The summed E-state index contributed by atoms with van der Waals surface area (Å²) in [5.41, 5.74) is 1.05. The van der Waals surface area contributed by atoms with Crippen molar-refractivity contribution in [3.63, 3.8) is 0 Å². The molecule has 25 heavy (non-hydrogen) atoms. The Kier molecular flexibility index (Phi) is 5.71. The van der Waals surface area contributed by atoms with E-state index in [1.165, 1.54) is 0 Å². The minimum absolute atomic E-state index is 0.0232. The molecule has 3 unspecified atom stereocenters. The number of nitrogens with zero attached hydrogens (tertiary/aromatic N) is 2. The van der Waals surface area contributed by atoms with Gasteiger partial charge in [-0.2, -0.15) is 0 Å². The Morgan fingerprint density at radius 1 is 1.44 bits per heavy atom. The number of hydrogen-bond donors (Lipinski definition) is 2. The first-order valence-corrected chi connectivity index (χ1v) is 8.87. The van der Waals surface area contributed by atoms with Gasteiger partial charge in [-0.1, -0.05) is 6.92 Å². The predicted octanol–water partition coefficient (Wildman–Crippen LogP) is 3.42. The van der Waals surface area contributed by atoms with Crippen LogP contribution in [0.5, 0.6) is 0 Å². The Morgan fingerprint density at radius 3 is 2.92 bits per heavy atom. The number of rotatable bonds is 6. The van der Waals surface area contributed by atoms with E-state index in [-0.39, 0.29) is 18.1 Å². The van der Waals surface area contributed by atoms with Crippen molar-refractivity contribution in [1.82, 2.24) is 15.2 Å². The Bertz CT molecular complexity index is 660. The molecule has 0 aliphatic carbocycles. The lowest BCUT2D eigenvalue weighted by molar-refractivity contribution is 0.107. The Morgan fingerprint density at radius 2 is 2.24 bits per heavy atom. The van der Waals surface area contributed by atoms with E-state index in [4.69, 9.17) is 4.42 Å². The highest BCUT2D eigenvalue weighted by atomic mass is 16.4. The van der Waals surface area contributed by atoms with Crippen molar-refractivity contribution in [2.24, 2.45) is 0 Å². The molecule has 0 spiro atoms. The highest BCUT2D eigenvalue weighted by Gasteiger charge is 2.32. The van der Waals surface area contributed by atoms with E-state index in [0.717, 1.165) is 24.8 Å². The first-order chi connectivity index (χ1) is 12.2. The van der Waals surface area contributed by atoms with Gasteiger partial charge in [0, 0.05) is 31.4 Å². The van der Waals surface area contributed by atoms with Crippen molar-refractivity contribution >= 4 is 6.03 Å². The zero-order valence-electron chi connectivity index (χ0n) is 14.5. The Labute approximate surface area is 147 Å². The maximum absolute atomic E-state index is 12.8. The molecule has 3 atom stereocenters. The number of nitrogens with one attached hydrogen (secondary N) is 1. The molecule has 1 aliphatic rings. The van der Waals surface area contributed by atoms with Gasteiger partial charge in [0.15, 0.2) is 0 Å².